The Kier molecular flexibility index (Phi) is 8.57. The van der Waals surface area contributed by atoms with Crippen molar-refractivity contribution in [2.45, 2.75) is 12.5 Å². The van der Waals surface area contributed by atoms with Gasteiger partial charge in [-0.1, -0.05) is 24.3 Å². The Morgan fingerprint density at radius 1 is 1.10 bits per heavy atom. The molecule has 0 spiro atoms. The summed E-state index contributed by atoms with van der Waals surface area (Å²) >= 11 is 0. The van der Waals surface area contributed by atoms with Crippen LogP contribution in [0.15, 0.2) is 72.0 Å². The number of carbonyl (C=O) groups excluding carboxylic acids is 2. The molecule has 1 saturated heterocycles. The number of halogens is 1. The van der Waals surface area contributed by atoms with E-state index in [1.54, 1.807) is 13.2 Å². The van der Waals surface area contributed by atoms with Gasteiger partial charge in [-0.15, -0.1) is 0 Å². The summed E-state index contributed by atoms with van der Waals surface area (Å²) in [5.74, 6) is -0.570. The SMILES string of the molecule is COc1ccccc1[C@@H]1CC(c2cccn2C)=NN1C(=O)CN(CCN1CCOCC1)C(=O)c1cccc(F)c1. The lowest BCUT2D eigenvalue weighted by Crippen LogP contribution is -2.46. The zero-order valence-corrected chi connectivity index (χ0v) is 22.8. The van der Waals surface area contributed by atoms with Gasteiger partial charge in [0.15, 0.2) is 0 Å². The lowest BCUT2D eigenvalue weighted by atomic mass is 9.99. The monoisotopic (exact) mass is 547 g/mol. The number of methoxy groups -OCH3 is 1. The number of amides is 2. The molecule has 2 aliphatic rings. The molecule has 40 heavy (non-hydrogen) atoms. The Hall–Kier alpha value is -4.02. The third-order valence-corrected chi connectivity index (χ3v) is 7.38. The van der Waals surface area contributed by atoms with Gasteiger partial charge in [-0.3, -0.25) is 14.5 Å². The minimum absolute atomic E-state index is 0.199. The maximum Gasteiger partial charge on any atom is 0.262 e. The largest absolute Gasteiger partial charge is 0.496 e. The summed E-state index contributed by atoms with van der Waals surface area (Å²) in [6, 6.07) is 16.6. The van der Waals surface area contributed by atoms with E-state index in [-0.39, 0.29) is 18.0 Å². The van der Waals surface area contributed by atoms with Gasteiger partial charge in [0.25, 0.3) is 11.8 Å². The topological polar surface area (TPSA) is 79.6 Å². The Balaban J connectivity index is 1.43. The summed E-state index contributed by atoms with van der Waals surface area (Å²) in [6.45, 7) is 3.44. The van der Waals surface area contributed by atoms with Crippen molar-refractivity contribution in [1.29, 1.82) is 0 Å². The summed E-state index contributed by atoms with van der Waals surface area (Å²) < 4.78 is 27.0. The molecule has 0 unspecified atom stereocenters. The number of para-hydroxylation sites is 1. The van der Waals surface area contributed by atoms with Crippen LogP contribution in [0.3, 0.4) is 0 Å². The van der Waals surface area contributed by atoms with Crippen molar-refractivity contribution in [1.82, 2.24) is 19.4 Å². The number of hydrogen-bond acceptors (Lipinski definition) is 6. The van der Waals surface area contributed by atoms with E-state index in [9.17, 15) is 14.0 Å². The Morgan fingerprint density at radius 2 is 1.90 bits per heavy atom. The zero-order chi connectivity index (χ0) is 28.1. The van der Waals surface area contributed by atoms with Gasteiger partial charge in [0.2, 0.25) is 0 Å². The Bertz CT molecular complexity index is 1380. The smallest absolute Gasteiger partial charge is 0.262 e. The first-order chi connectivity index (χ1) is 19.4. The molecule has 1 atom stereocenters. The number of aryl methyl sites for hydroxylation is 1. The highest BCUT2D eigenvalue weighted by molar-refractivity contribution is 6.03. The quantitative estimate of drug-likeness (QED) is 0.411. The van der Waals surface area contributed by atoms with Crippen LogP contribution in [0.5, 0.6) is 5.75 Å². The van der Waals surface area contributed by atoms with Crippen LogP contribution < -0.4 is 4.74 Å². The van der Waals surface area contributed by atoms with Crippen LogP contribution >= 0.6 is 0 Å². The van der Waals surface area contributed by atoms with Crippen LogP contribution in [-0.4, -0.2) is 89.9 Å². The van der Waals surface area contributed by atoms with Crippen molar-refractivity contribution < 1.29 is 23.5 Å². The molecular formula is C30H34FN5O4. The lowest BCUT2D eigenvalue weighted by Gasteiger charge is -2.31. The van der Waals surface area contributed by atoms with Crippen molar-refractivity contribution in [3.8, 4) is 5.75 Å². The highest BCUT2D eigenvalue weighted by atomic mass is 19.1. The Morgan fingerprint density at radius 3 is 2.62 bits per heavy atom. The first kappa shape index (κ1) is 27.5. The van der Waals surface area contributed by atoms with Crippen LogP contribution in [0.25, 0.3) is 0 Å². The predicted molar refractivity (Wildman–Crippen MR) is 149 cm³/mol. The molecule has 0 bridgehead atoms. The number of hydrogen-bond donors (Lipinski definition) is 0. The summed E-state index contributed by atoms with van der Waals surface area (Å²) in [7, 11) is 3.54. The van der Waals surface area contributed by atoms with Crippen LogP contribution in [-0.2, 0) is 16.6 Å². The highest BCUT2D eigenvalue weighted by Crippen LogP contribution is 2.37. The summed E-state index contributed by atoms with van der Waals surface area (Å²) in [6.07, 6.45) is 2.43. The van der Waals surface area contributed by atoms with E-state index in [0.717, 1.165) is 30.1 Å². The zero-order valence-electron chi connectivity index (χ0n) is 22.8. The van der Waals surface area contributed by atoms with E-state index in [2.05, 4.69) is 4.90 Å². The molecule has 210 valence electrons. The predicted octanol–water partition coefficient (Wildman–Crippen LogP) is 3.33. The van der Waals surface area contributed by atoms with Crippen LogP contribution in [0.2, 0.25) is 0 Å². The second-order valence-corrected chi connectivity index (χ2v) is 9.94. The van der Waals surface area contributed by atoms with E-state index in [0.29, 0.717) is 38.5 Å². The molecule has 3 heterocycles. The fourth-order valence-electron chi connectivity index (χ4n) is 5.22. The highest BCUT2D eigenvalue weighted by Gasteiger charge is 2.36. The molecule has 2 aromatic carbocycles. The molecular weight excluding hydrogens is 513 g/mol. The number of hydrazone groups is 1. The van der Waals surface area contributed by atoms with E-state index in [4.69, 9.17) is 14.6 Å². The van der Waals surface area contributed by atoms with E-state index in [1.165, 1.54) is 28.1 Å². The Labute approximate surface area is 233 Å². The molecule has 0 radical (unpaired) electrons. The van der Waals surface area contributed by atoms with E-state index < -0.39 is 17.8 Å². The summed E-state index contributed by atoms with van der Waals surface area (Å²) in [4.78, 5) is 31.2. The van der Waals surface area contributed by atoms with Gasteiger partial charge in [-0.2, -0.15) is 5.10 Å². The standard InChI is InChI=1S/C30H34FN5O4/c1-33-12-6-10-26(33)25-20-27(24-9-3-4-11-28(24)39-2)36(32-25)29(37)21-35(14-13-34-15-17-40-18-16-34)30(38)22-7-5-8-23(31)19-22/h3-12,19,27H,13-18,20-21H2,1-2H3/t27-/m0/s1. The number of rotatable bonds is 9. The third-order valence-electron chi connectivity index (χ3n) is 7.38. The maximum atomic E-state index is 14.0. The van der Waals surface area contributed by atoms with Gasteiger partial charge in [0.1, 0.15) is 18.1 Å². The van der Waals surface area contributed by atoms with Gasteiger partial charge >= 0.3 is 0 Å². The second-order valence-electron chi connectivity index (χ2n) is 9.94. The first-order valence-electron chi connectivity index (χ1n) is 13.4. The number of ether oxygens (including phenoxy) is 2. The van der Waals surface area contributed by atoms with Gasteiger partial charge in [0.05, 0.1) is 37.8 Å². The average molecular weight is 548 g/mol. The first-order valence-corrected chi connectivity index (χ1v) is 13.4. The molecule has 1 aromatic heterocycles. The number of aromatic nitrogens is 1. The fraction of sp³-hybridized carbons (Fsp3) is 0.367. The van der Waals surface area contributed by atoms with Gasteiger partial charge in [-0.25, -0.2) is 9.40 Å². The number of carbonyl (C=O) groups is 2. The maximum absolute atomic E-state index is 14.0. The number of benzene rings is 2. The molecule has 1 fully saturated rings. The molecule has 0 N–H and O–H groups in total. The average Bonchev–Trinajstić information content (AvgIpc) is 3.61. The molecule has 5 rings (SSSR count). The van der Waals surface area contributed by atoms with E-state index >= 15 is 0 Å². The van der Waals surface area contributed by atoms with Gasteiger partial charge in [0, 0.05) is 57.0 Å². The minimum Gasteiger partial charge on any atom is -0.496 e. The van der Waals surface area contributed by atoms with Crippen LogP contribution in [0, 0.1) is 5.82 Å². The van der Waals surface area contributed by atoms with Crippen molar-refractivity contribution >= 4 is 17.5 Å². The van der Waals surface area contributed by atoms with Crippen molar-refractivity contribution in [2.75, 3.05) is 53.0 Å². The molecule has 2 aliphatic heterocycles. The van der Waals surface area contributed by atoms with Crippen LogP contribution in [0.1, 0.15) is 34.1 Å². The summed E-state index contributed by atoms with van der Waals surface area (Å²) in [5, 5.41) is 6.25. The molecule has 3 aromatic rings. The molecule has 2 amide bonds. The van der Waals surface area contributed by atoms with Crippen LogP contribution in [0.4, 0.5) is 4.39 Å². The lowest BCUT2D eigenvalue weighted by molar-refractivity contribution is -0.133. The third kappa shape index (κ3) is 6.08. The van der Waals surface area contributed by atoms with Crippen molar-refractivity contribution in [3.05, 3.63) is 89.5 Å². The van der Waals surface area contributed by atoms with Gasteiger partial charge < -0.3 is 18.9 Å². The molecule has 10 heteroatoms. The molecule has 0 aliphatic carbocycles. The van der Waals surface area contributed by atoms with Crippen molar-refractivity contribution in [3.63, 3.8) is 0 Å². The normalized spacial score (nSPS) is 17.5. The number of morpholine rings is 1. The molecule has 9 nitrogen and oxygen atoms in total. The van der Waals surface area contributed by atoms with Gasteiger partial charge in [-0.05, 0) is 36.4 Å². The second kappa shape index (κ2) is 12.4. The fourth-order valence-corrected chi connectivity index (χ4v) is 5.22. The molecule has 0 saturated carbocycles. The van der Waals surface area contributed by atoms with Crippen molar-refractivity contribution in [2.24, 2.45) is 12.1 Å². The number of nitrogens with zero attached hydrogens (tertiary/aromatic N) is 5. The summed E-state index contributed by atoms with van der Waals surface area (Å²) in [5.41, 5.74) is 2.72. The van der Waals surface area contributed by atoms with E-state index in [1.807, 2.05) is 54.2 Å². The minimum atomic E-state index is -0.502.